The molecule has 1 aliphatic rings. The molecule has 0 radical (unpaired) electrons. The summed E-state index contributed by atoms with van der Waals surface area (Å²) in [7, 11) is 1.62. The van der Waals surface area contributed by atoms with Crippen LogP contribution < -0.4 is 10.2 Å². The number of carbonyl (C=O) groups excluding carboxylic acids is 1. The fourth-order valence-corrected chi connectivity index (χ4v) is 2.77. The summed E-state index contributed by atoms with van der Waals surface area (Å²) >= 11 is 6.29. The molecule has 0 saturated heterocycles. The fourth-order valence-electron chi connectivity index (χ4n) is 2.50. The molecule has 2 aromatic rings. The monoisotopic (exact) mass is 303 g/mol. The molecular formula is C15H14ClN3O2. The Morgan fingerprint density at radius 3 is 2.95 bits per heavy atom. The molecule has 2 heterocycles. The standard InChI is InChI=1S/C15H14ClN3O2/c1-8(20)14-12(7-17-19-14)11-6-9-5-10(21-2)3-4-13(9)18-15(11)16/h3-6,12,17H,7H2,1-2H3/t12-/m1/s1. The number of nitrogens with zero attached hydrogens (tertiary/aromatic N) is 2. The van der Waals surface area contributed by atoms with Crippen LogP contribution in [-0.2, 0) is 4.79 Å². The molecule has 3 rings (SSSR count). The van der Waals surface area contributed by atoms with E-state index in [1.54, 1.807) is 7.11 Å². The number of fused-ring (bicyclic) bond motifs is 1. The van der Waals surface area contributed by atoms with Gasteiger partial charge in [0.15, 0.2) is 5.78 Å². The molecule has 0 unspecified atom stereocenters. The molecule has 1 aromatic carbocycles. The first kappa shape index (κ1) is 13.8. The number of methoxy groups -OCH3 is 1. The number of rotatable bonds is 3. The van der Waals surface area contributed by atoms with Crippen LogP contribution in [-0.4, -0.2) is 30.1 Å². The highest BCUT2D eigenvalue weighted by Gasteiger charge is 2.28. The van der Waals surface area contributed by atoms with Gasteiger partial charge in [0.05, 0.1) is 18.5 Å². The van der Waals surface area contributed by atoms with E-state index in [2.05, 4.69) is 15.5 Å². The molecule has 6 heteroatoms. The van der Waals surface area contributed by atoms with Crippen LogP contribution >= 0.6 is 11.6 Å². The first-order valence-electron chi connectivity index (χ1n) is 6.55. The van der Waals surface area contributed by atoms with Crippen molar-refractivity contribution >= 4 is 34.0 Å². The summed E-state index contributed by atoms with van der Waals surface area (Å²) in [6, 6.07) is 7.54. The van der Waals surface area contributed by atoms with Gasteiger partial charge in [-0.2, -0.15) is 5.10 Å². The molecule has 0 fully saturated rings. The summed E-state index contributed by atoms with van der Waals surface area (Å²) in [4.78, 5) is 16.1. The van der Waals surface area contributed by atoms with E-state index < -0.39 is 0 Å². The van der Waals surface area contributed by atoms with Gasteiger partial charge in [-0.15, -0.1) is 0 Å². The maximum atomic E-state index is 11.7. The molecule has 1 aromatic heterocycles. The number of nitrogens with one attached hydrogen (secondary N) is 1. The van der Waals surface area contributed by atoms with Gasteiger partial charge in [-0.05, 0) is 24.3 Å². The van der Waals surface area contributed by atoms with Crippen LogP contribution in [0, 0.1) is 0 Å². The lowest BCUT2D eigenvalue weighted by atomic mass is 9.93. The van der Waals surface area contributed by atoms with Crippen molar-refractivity contribution < 1.29 is 9.53 Å². The highest BCUT2D eigenvalue weighted by Crippen LogP contribution is 2.31. The Hall–Kier alpha value is -2.14. The molecule has 0 saturated carbocycles. The van der Waals surface area contributed by atoms with E-state index in [1.807, 2.05) is 24.3 Å². The van der Waals surface area contributed by atoms with Crippen LogP contribution in [0.1, 0.15) is 18.4 Å². The molecule has 108 valence electrons. The van der Waals surface area contributed by atoms with Crippen molar-refractivity contribution in [3.8, 4) is 5.75 Å². The Bertz CT molecular complexity index is 758. The highest BCUT2D eigenvalue weighted by molar-refractivity contribution is 6.42. The van der Waals surface area contributed by atoms with Crippen LogP contribution in [0.3, 0.4) is 0 Å². The van der Waals surface area contributed by atoms with Crippen LogP contribution in [0.15, 0.2) is 29.4 Å². The predicted molar refractivity (Wildman–Crippen MR) is 82.2 cm³/mol. The largest absolute Gasteiger partial charge is 0.497 e. The van der Waals surface area contributed by atoms with E-state index in [1.165, 1.54) is 6.92 Å². The Morgan fingerprint density at radius 2 is 2.24 bits per heavy atom. The topological polar surface area (TPSA) is 63.6 Å². The number of ketones is 1. The van der Waals surface area contributed by atoms with E-state index in [4.69, 9.17) is 16.3 Å². The lowest BCUT2D eigenvalue weighted by Crippen LogP contribution is -2.19. The third kappa shape index (κ3) is 2.45. The van der Waals surface area contributed by atoms with Gasteiger partial charge < -0.3 is 10.2 Å². The number of carbonyl (C=O) groups is 1. The second-order valence-electron chi connectivity index (χ2n) is 4.90. The highest BCUT2D eigenvalue weighted by atomic mass is 35.5. The van der Waals surface area contributed by atoms with Crippen molar-refractivity contribution in [3.05, 3.63) is 35.0 Å². The van der Waals surface area contributed by atoms with Crippen LogP contribution in [0.25, 0.3) is 10.9 Å². The fraction of sp³-hybridized carbons (Fsp3) is 0.267. The van der Waals surface area contributed by atoms with Gasteiger partial charge >= 0.3 is 0 Å². The first-order chi connectivity index (χ1) is 10.1. The number of hydrogen-bond donors (Lipinski definition) is 1. The van der Waals surface area contributed by atoms with Crippen molar-refractivity contribution in [2.24, 2.45) is 5.10 Å². The lowest BCUT2D eigenvalue weighted by molar-refractivity contribution is -0.111. The smallest absolute Gasteiger partial charge is 0.176 e. The zero-order valence-corrected chi connectivity index (χ0v) is 12.4. The van der Waals surface area contributed by atoms with Crippen molar-refractivity contribution in [3.63, 3.8) is 0 Å². The van der Waals surface area contributed by atoms with E-state index in [0.29, 0.717) is 17.4 Å². The van der Waals surface area contributed by atoms with Crippen molar-refractivity contribution in [2.45, 2.75) is 12.8 Å². The van der Waals surface area contributed by atoms with Gasteiger partial charge in [-0.1, -0.05) is 11.6 Å². The zero-order valence-electron chi connectivity index (χ0n) is 11.7. The van der Waals surface area contributed by atoms with Crippen molar-refractivity contribution in [1.82, 2.24) is 10.4 Å². The van der Waals surface area contributed by atoms with Gasteiger partial charge in [-0.3, -0.25) is 4.79 Å². The first-order valence-corrected chi connectivity index (χ1v) is 6.93. The van der Waals surface area contributed by atoms with Gasteiger partial charge in [0.2, 0.25) is 0 Å². The Labute approximate surface area is 127 Å². The molecule has 5 nitrogen and oxygen atoms in total. The summed E-state index contributed by atoms with van der Waals surface area (Å²) in [6.07, 6.45) is 0. The second-order valence-corrected chi connectivity index (χ2v) is 5.25. The van der Waals surface area contributed by atoms with E-state index >= 15 is 0 Å². The lowest BCUT2D eigenvalue weighted by Gasteiger charge is -2.13. The zero-order chi connectivity index (χ0) is 15.0. The average Bonchev–Trinajstić information content (AvgIpc) is 2.95. The number of hydrazone groups is 1. The van der Waals surface area contributed by atoms with E-state index in [0.717, 1.165) is 22.2 Å². The maximum Gasteiger partial charge on any atom is 0.176 e. The number of Topliss-reactive ketones (excluding diaryl/α,β-unsaturated/α-hetero) is 1. The third-order valence-electron chi connectivity index (χ3n) is 3.56. The molecule has 1 N–H and O–H groups in total. The normalized spacial score (nSPS) is 17.5. The van der Waals surface area contributed by atoms with Gasteiger partial charge in [0.1, 0.15) is 16.6 Å². The third-order valence-corrected chi connectivity index (χ3v) is 3.87. The van der Waals surface area contributed by atoms with Crippen LogP contribution in [0.5, 0.6) is 5.75 Å². The molecule has 0 aliphatic carbocycles. The van der Waals surface area contributed by atoms with Crippen LogP contribution in [0.2, 0.25) is 5.15 Å². The van der Waals surface area contributed by atoms with Crippen LogP contribution in [0.4, 0.5) is 0 Å². The minimum Gasteiger partial charge on any atom is -0.497 e. The molecule has 0 bridgehead atoms. The minimum atomic E-state index is -0.168. The molecule has 1 aliphatic heterocycles. The van der Waals surface area contributed by atoms with Gasteiger partial charge in [0.25, 0.3) is 0 Å². The summed E-state index contributed by atoms with van der Waals surface area (Å²) in [5, 5.41) is 5.37. The Kier molecular flexibility index (Phi) is 3.51. The number of hydrogen-bond acceptors (Lipinski definition) is 5. The summed E-state index contributed by atoms with van der Waals surface area (Å²) < 4.78 is 5.23. The van der Waals surface area contributed by atoms with E-state index in [9.17, 15) is 4.79 Å². The number of ether oxygens (including phenoxy) is 1. The molecular weight excluding hydrogens is 290 g/mol. The SMILES string of the molecule is COc1ccc2nc(Cl)c([C@H]3CNN=C3C(C)=O)cc2c1. The number of halogens is 1. The Balaban J connectivity index is 2.12. The maximum absolute atomic E-state index is 11.7. The predicted octanol–water partition coefficient (Wildman–Crippen LogP) is 2.53. The second kappa shape index (κ2) is 5.33. The molecule has 21 heavy (non-hydrogen) atoms. The minimum absolute atomic E-state index is 0.0631. The van der Waals surface area contributed by atoms with Crippen molar-refractivity contribution in [1.29, 1.82) is 0 Å². The summed E-state index contributed by atoms with van der Waals surface area (Å²) in [6.45, 7) is 2.05. The molecule has 0 amide bonds. The summed E-state index contributed by atoms with van der Waals surface area (Å²) in [5.74, 6) is 0.521. The Morgan fingerprint density at radius 1 is 1.43 bits per heavy atom. The van der Waals surface area contributed by atoms with Gasteiger partial charge in [0, 0.05) is 24.4 Å². The number of aromatic nitrogens is 1. The van der Waals surface area contributed by atoms with Crippen molar-refractivity contribution in [2.75, 3.05) is 13.7 Å². The quantitative estimate of drug-likeness (QED) is 0.885. The molecule has 1 atom stereocenters. The number of benzene rings is 1. The number of pyridine rings is 1. The summed E-state index contributed by atoms with van der Waals surface area (Å²) in [5.41, 5.74) is 4.93. The van der Waals surface area contributed by atoms with Gasteiger partial charge in [-0.25, -0.2) is 4.98 Å². The molecule has 0 spiro atoms. The average molecular weight is 304 g/mol. The van der Waals surface area contributed by atoms with E-state index in [-0.39, 0.29) is 11.7 Å².